The van der Waals surface area contributed by atoms with Gasteiger partial charge in [0.15, 0.2) is 11.5 Å². The van der Waals surface area contributed by atoms with Crippen LogP contribution in [0.15, 0.2) is 30.9 Å². The van der Waals surface area contributed by atoms with E-state index in [1.807, 2.05) is 31.2 Å². The van der Waals surface area contributed by atoms with E-state index < -0.39 is 0 Å². The lowest BCUT2D eigenvalue weighted by Gasteiger charge is -2.12. The van der Waals surface area contributed by atoms with Crippen molar-refractivity contribution in [2.24, 2.45) is 5.73 Å². The molecule has 1 aromatic rings. The molecule has 3 nitrogen and oxygen atoms in total. The van der Waals surface area contributed by atoms with Crippen LogP contribution in [-0.2, 0) is 6.42 Å². The molecule has 0 bridgehead atoms. The van der Waals surface area contributed by atoms with E-state index in [0.717, 1.165) is 24.3 Å². The van der Waals surface area contributed by atoms with Crippen LogP contribution in [-0.4, -0.2) is 19.8 Å². The van der Waals surface area contributed by atoms with E-state index in [9.17, 15) is 0 Å². The summed E-state index contributed by atoms with van der Waals surface area (Å²) in [5.41, 5.74) is 6.71. The molecule has 1 rings (SSSR count). The highest BCUT2D eigenvalue weighted by molar-refractivity contribution is 5.43. The lowest BCUT2D eigenvalue weighted by atomic mass is 10.1. The van der Waals surface area contributed by atoms with E-state index in [1.165, 1.54) is 5.56 Å². The Morgan fingerprint density at radius 2 is 2.12 bits per heavy atom. The van der Waals surface area contributed by atoms with E-state index in [2.05, 4.69) is 6.58 Å². The summed E-state index contributed by atoms with van der Waals surface area (Å²) in [5.74, 6) is 1.58. The van der Waals surface area contributed by atoms with Gasteiger partial charge in [0.05, 0.1) is 13.2 Å². The molecule has 0 aliphatic heterocycles. The number of benzene rings is 1. The Morgan fingerprint density at radius 3 is 2.76 bits per heavy atom. The molecule has 3 heteroatoms. The molecule has 0 atom stereocenters. The first-order chi connectivity index (χ1) is 8.31. The van der Waals surface area contributed by atoms with Crippen LogP contribution < -0.4 is 15.2 Å². The molecule has 0 aromatic heterocycles. The molecule has 0 unspecified atom stereocenters. The second kappa shape index (κ2) is 7.74. The number of hydrogen-bond acceptors (Lipinski definition) is 3. The highest BCUT2D eigenvalue weighted by Crippen LogP contribution is 2.28. The number of rotatable bonds is 8. The lowest BCUT2D eigenvalue weighted by molar-refractivity contribution is 0.280. The van der Waals surface area contributed by atoms with Crippen LogP contribution in [0, 0.1) is 0 Å². The average Bonchev–Trinajstić information content (AvgIpc) is 2.33. The van der Waals surface area contributed by atoms with Gasteiger partial charge >= 0.3 is 0 Å². The summed E-state index contributed by atoms with van der Waals surface area (Å²) >= 11 is 0. The zero-order chi connectivity index (χ0) is 12.5. The van der Waals surface area contributed by atoms with Gasteiger partial charge in [0.25, 0.3) is 0 Å². The van der Waals surface area contributed by atoms with Crippen molar-refractivity contribution >= 4 is 0 Å². The molecule has 0 radical (unpaired) electrons. The molecule has 0 fully saturated rings. The third-order valence-electron chi connectivity index (χ3n) is 2.32. The Labute approximate surface area is 103 Å². The fourth-order valence-electron chi connectivity index (χ4n) is 1.51. The smallest absolute Gasteiger partial charge is 0.161 e. The summed E-state index contributed by atoms with van der Waals surface area (Å²) in [4.78, 5) is 0. The maximum absolute atomic E-state index is 5.64. The Kier molecular flexibility index (Phi) is 6.18. The summed E-state index contributed by atoms with van der Waals surface area (Å²) in [7, 11) is 0. The first-order valence-corrected chi connectivity index (χ1v) is 6.01. The molecule has 0 heterocycles. The second-order valence-corrected chi connectivity index (χ2v) is 3.68. The standard InChI is InChI=1S/C14H21NO2/c1-3-5-10-17-13-7-6-12(8-9-15)11-14(13)16-4-2/h3,6-7,11H,1,4-5,8-10,15H2,2H3. The van der Waals surface area contributed by atoms with Crippen molar-refractivity contribution in [3.05, 3.63) is 36.4 Å². The summed E-state index contributed by atoms with van der Waals surface area (Å²) in [5, 5.41) is 0. The quantitative estimate of drug-likeness (QED) is 0.556. The SMILES string of the molecule is C=CCCOc1ccc(CCN)cc1OCC. The van der Waals surface area contributed by atoms with Crippen molar-refractivity contribution in [1.29, 1.82) is 0 Å². The Morgan fingerprint density at radius 1 is 1.29 bits per heavy atom. The minimum absolute atomic E-state index is 0.625. The van der Waals surface area contributed by atoms with Gasteiger partial charge in [-0.1, -0.05) is 12.1 Å². The zero-order valence-electron chi connectivity index (χ0n) is 10.4. The summed E-state index contributed by atoms with van der Waals surface area (Å²) < 4.78 is 11.2. The Bertz CT molecular complexity index is 350. The van der Waals surface area contributed by atoms with Crippen molar-refractivity contribution < 1.29 is 9.47 Å². The summed E-state index contributed by atoms with van der Waals surface area (Å²) in [6.07, 6.45) is 3.52. The van der Waals surface area contributed by atoms with Crippen molar-refractivity contribution in [3.8, 4) is 11.5 Å². The molecular weight excluding hydrogens is 214 g/mol. The second-order valence-electron chi connectivity index (χ2n) is 3.68. The van der Waals surface area contributed by atoms with E-state index in [1.54, 1.807) is 0 Å². The minimum Gasteiger partial charge on any atom is -0.490 e. The number of hydrogen-bond donors (Lipinski definition) is 1. The van der Waals surface area contributed by atoms with Crippen molar-refractivity contribution in [1.82, 2.24) is 0 Å². The van der Waals surface area contributed by atoms with Crippen LogP contribution in [0.5, 0.6) is 11.5 Å². The Hall–Kier alpha value is -1.48. The van der Waals surface area contributed by atoms with Crippen LogP contribution in [0.25, 0.3) is 0 Å². The van der Waals surface area contributed by atoms with Gasteiger partial charge in [0.1, 0.15) is 0 Å². The van der Waals surface area contributed by atoms with E-state index in [-0.39, 0.29) is 0 Å². The van der Waals surface area contributed by atoms with Crippen molar-refractivity contribution in [3.63, 3.8) is 0 Å². The van der Waals surface area contributed by atoms with Gasteiger partial charge < -0.3 is 15.2 Å². The molecule has 0 spiro atoms. The molecule has 94 valence electrons. The van der Waals surface area contributed by atoms with E-state index in [0.29, 0.717) is 19.8 Å². The normalized spacial score (nSPS) is 10.0. The Balaban J connectivity index is 2.75. The molecular formula is C14H21NO2. The van der Waals surface area contributed by atoms with Crippen LogP contribution in [0.2, 0.25) is 0 Å². The predicted molar refractivity (Wildman–Crippen MR) is 70.7 cm³/mol. The third-order valence-corrected chi connectivity index (χ3v) is 2.32. The van der Waals surface area contributed by atoms with Crippen molar-refractivity contribution in [2.75, 3.05) is 19.8 Å². The molecule has 2 N–H and O–H groups in total. The highest BCUT2D eigenvalue weighted by Gasteiger charge is 2.05. The van der Waals surface area contributed by atoms with Gasteiger partial charge in [-0.05, 0) is 44.0 Å². The van der Waals surface area contributed by atoms with E-state index in [4.69, 9.17) is 15.2 Å². The summed E-state index contributed by atoms with van der Waals surface area (Å²) in [6, 6.07) is 5.97. The summed E-state index contributed by atoms with van der Waals surface area (Å²) in [6.45, 7) is 7.52. The highest BCUT2D eigenvalue weighted by atomic mass is 16.5. The molecule has 0 amide bonds. The van der Waals surface area contributed by atoms with E-state index >= 15 is 0 Å². The minimum atomic E-state index is 0.625. The maximum Gasteiger partial charge on any atom is 0.161 e. The first-order valence-electron chi connectivity index (χ1n) is 6.01. The fourth-order valence-corrected chi connectivity index (χ4v) is 1.51. The number of nitrogens with two attached hydrogens (primary N) is 1. The molecule has 17 heavy (non-hydrogen) atoms. The van der Waals surface area contributed by atoms with Crippen LogP contribution in [0.1, 0.15) is 18.9 Å². The molecule has 1 aromatic carbocycles. The topological polar surface area (TPSA) is 44.5 Å². The average molecular weight is 235 g/mol. The van der Waals surface area contributed by atoms with Crippen LogP contribution in [0.4, 0.5) is 0 Å². The van der Waals surface area contributed by atoms with Crippen molar-refractivity contribution in [2.45, 2.75) is 19.8 Å². The van der Waals surface area contributed by atoms with Crippen LogP contribution in [0.3, 0.4) is 0 Å². The molecule has 0 aliphatic rings. The van der Waals surface area contributed by atoms with Gasteiger partial charge in [-0.3, -0.25) is 0 Å². The van der Waals surface area contributed by atoms with Gasteiger partial charge in [0.2, 0.25) is 0 Å². The lowest BCUT2D eigenvalue weighted by Crippen LogP contribution is -2.04. The predicted octanol–water partition coefficient (Wildman–Crippen LogP) is 2.54. The first kappa shape index (κ1) is 13.6. The third kappa shape index (κ3) is 4.49. The van der Waals surface area contributed by atoms with Gasteiger partial charge in [0, 0.05) is 0 Å². The molecule has 0 saturated carbocycles. The monoisotopic (exact) mass is 235 g/mol. The zero-order valence-corrected chi connectivity index (χ0v) is 10.4. The van der Waals surface area contributed by atoms with Gasteiger partial charge in [-0.2, -0.15) is 0 Å². The number of ether oxygens (including phenoxy) is 2. The maximum atomic E-state index is 5.64. The van der Waals surface area contributed by atoms with Gasteiger partial charge in [-0.25, -0.2) is 0 Å². The molecule has 0 aliphatic carbocycles. The largest absolute Gasteiger partial charge is 0.490 e. The fraction of sp³-hybridized carbons (Fsp3) is 0.429. The van der Waals surface area contributed by atoms with Crippen LogP contribution >= 0.6 is 0 Å². The van der Waals surface area contributed by atoms with Gasteiger partial charge in [-0.15, -0.1) is 6.58 Å². The molecule has 0 saturated heterocycles.